The number of amides is 1. The molecule has 8 heteroatoms. The quantitative estimate of drug-likeness (QED) is 0.429. The predicted octanol–water partition coefficient (Wildman–Crippen LogP) is 5.56. The van der Waals surface area contributed by atoms with E-state index in [-0.39, 0.29) is 42.6 Å². The number of pyridine rings is 1. The number of hydrogen-bond donors (Lipinski definition) is 0. The number of benzene rings is 1. The molecular weight excluding hydrogens is 462 g/mol. The van der Waals surface area contributed by atoms with Gasteiger partial charge in [-0.3, -0.25) is 9.69 Å². The summed E-state index contributed by atoms with van der Waals surface area (Å²) in [5.74, 6) is 1.07. The van der Waals surface area contributed by atoms with Crippen LogP contribution in [0.15, 0.2) is 42.6 Å². The second kappa shape index (κ2) is 13.1. The van der Waals surface area contributed by atoms with E-state index >= 15 is 0 Å². The summed E-state index contributed by atoms with van der Waals surface area (Å²) in [6, 6.07) is 10.6. The Morgan fingerprint density at radius 3 is 2.18 bits per heavy atom. The van der Waals surface area contributed by atoms with Crippen molar-refractivity contribution in [3.05, 3.63) is 54.0 Å². The summed E-state index contributed by atoms with van der Waals surface area (Å²) < 4.78 is 13.5. The molecule has 184 valence electrons. The lowest BCUT2D eigenvalue weighted by Crippen LogP contribution is -2.46. The van der Waals surface area contributed by atoms with Crippen molar-refractivity contribution < 1.29 is 9.18 Å². The van der Waals surface area contributed by atoms with Gasteiger partial charge in [0.25, 0.3) is 0 Å². The fraction of sp³-hybridized carbons (Fsp3) is 0.520. The summed E-state index contributed by atoms with van der Waals surface area (Å²) in [6.45, 7) is 7.73. The molecule has 1 aliphatic carbocycles. The van der Waals surface area contributed by atoms with Gasteiger partial charge in [0.05, 0.1) is 12.6 Å². The predicted molar refractivity (Wildman–Crippen MR) is 139 cm³/mol. The standard InChI is InChI=1S/C25H35FN4O.2ClH/c1-6-29(21-12-13-21)24-14-7-19(16-27-24)17-30(22-10-8-20(26)9-11-22)25(31)23(28(4)5)15-18(2)3;;/h7-11,14,16,18,21,23H,6,12-13,15,17H2,1-5H3;2*1H. The summed E-state index contributed by atoms with van der Waals surface area (Å²) in [4.78, 5) is 24.3. The van der Waals surface area contributed by atoms with Gasteiger partial charge in [-0.1, -0.05) is 19.9 Å². The first-order valence-electron chi connectivity index (χ1n) is 11.2. The molecule has 1 heterocycles. The highest BCUT2D eigenvalue weighted by molar-refractivity contribution is 5.97. The van der Waals surface area contributed by atoms with Gasteiger partial charge in [-0.25, -0.2) is 9.37 Å². The summed E-state index contributed by atoms with van der Waals surface area (Å²) in [6.07, 6.45) is 5.07. The monoisotopic (exact) mass is 498 g/mol. The summed E-state index contributed by atoms with van der Waals surface area (Å²) in [5.41, 5.74) is 1.65. The summed E-state index contributed by atoms with van der Waals surface area (Å²) >= 11 is 0. The molecule has 0 bridgehead atoms. The van der Waals surface area contributed by atoms with E-state index in [4.69, 9.17) is 0 Å². The molecule has 0 N–H and O–H groups in total. The number of aromatic nitrogens is 1. The van der Waals surface area contributed by atoms with Gasteiger partial charge in [0.1, 0.15) is 11.6 Å². The van der Waals surface area contributed by atoms with Crippen molar-refractivity contribution in [2.75, 3.05) is 30.4 Å². The number of carbonyl (C=O) groups is 1. The molecule has 1 amide bonds. The van der Waals surface area contributed by atoms with Crippen molar-refractivity contribution in [1.82, 2.24) is 9.88 Å². The van der Waals surface area contributed by atoms with Gasteiger partial charge < -0.3 is 9.80 Å². The SMILES string of the molecule is CCN(c1ccc(CN(C(=O)C(CC(C)C)N(C)C)c2ccc(F)cc2)cn1)C1CC1.Cl.Cl. The van der Waals surface area contributed by atoms with E-state index in [0.29, 0.717) is 24.2 Å². The third-order valence-electron chi connectivity index (χ3n) is 5.78. The molecular formula is C25H37Cl2FN4O. The summed E-state index contributed by atoms with van der Waals surface area (Å²) in [7, 11) is 3.86. The van der Waals surface area contributed by atoms with Gasteiger partial charge in [0.15, 0.2) is 0 Å². The Morgan fingerprint density at radius 1 is 1.09 bits per heavy atom. The van der Waals surface area contributed by atoms with E-state index < -0.39 is 0 Å². The molecule has 33 heavy (non-hydrogen) atoms. The van der Waals surface area contributed by atoms with Crippen molar-refractivity contribution in [2.24, 2.45) is 5.92 Å². The lowest BCUT2D eigenvalue weighted by molar-refractivity contribution is -0.123. The van der Waals surface area contributed by atoms with Crippen molar-refractivity contribution in [1.29, 1.82) is 0 Å². The van der Waals surface area contributed by atoms with Crippen LogP contribution in [0, 0.1) is 11.7 Å². The minimum atomic E-state index is -0.312. The molecule has 2 aromatic rings. The zero-order valence-corrected chi connectivity index (χ0v) is 21.8. The maximum Gasteiger partial charge on any atom is 0.244 e. The fourth-order valence-corrected chi connectivity index (χ4v) is 3.93. The third-order valence-corrected chi connectivity index (χ3v) is 5.78. The van der Waals surface area contributed by atoms with Gasteiger partial charge >= 0.3 is 0 Å². The molecule has 1 saturated carbocycles. The van der Waals surface area contributed by atoms with Crippen molar-refractivity contribution in [3.8, 4) is 0 Å². The van der Waals surface area contributed by atoms with Gasteiger partial charge in [-0.05, 0) is 82.1 Å². The van der Waals surface area contributed by atoms with Crippen molar-refractivity contribution >= 4 is 42.2 Å². The minimum Gasteiger partial charge on any atom is -0.354 e. The van der Waals surface area contributed by atoms with Gasteiger partial charge in [-0.2, -0.15) is 0 Å². The first-order chi connectivity index (χ1) is 14.8. The normalized spacial score (nSPS) is 13.8. The number of anilines is 2. The first-order valence-corrected chi connectivity index (χ1v) is 11.2. The van der Waals surface area contributed by atoms with Crippen LogP contribution in [0.2, 0.25) is 0 Å². The van der Waals surface area contributed by atoms with Crippen LogP contribution in [0.4, 0.5) is 15.9 Å². The maximum atomic E-state index is 13.6. The average Bonchev–Trinajstić information content (AvgIpc) is 3.57. The smallest absolute Gasteiger partial charge is 0.244 e. The Hall–Kier alpha value is -1.89. The van der Waals surface area contributed by atoms with Crippen LogP contribution in [0.1, 0.15) is 45.6 Å². The van der Waals surface area contributed by atoms with Crippen LogP contribution >= 0.6 is 24.8 Å². The van der Waals surface area contributed by atoms with E-state index in [9.17, 15) is 9.18 Å². The maximum absolute atomic E-state index is 13.6. The number of rotatable bonds is 10. The van der Waals surface area contributed by atoms with Crippen LogP contribution in [-0.2, 0) is 11.3 Å². The number of nitrogens with zero attached hydrogens (tertiary/aromatic N) is 4. The Balaban J connectivity index is 0.00000272. The molecule has 1 fully saturated rings. The van der Waals surface area contributed by atoms with E-state index in [1.807, 2.05) is 37.3 Å². The van der Waals surface area contributed by atoms with E-state index in [2.05, 4.69) is 30.7 Å². The number of hydrogen-bond acceptors (Lipinski definition) is 4. The van der Waals surface area contributed by atoms with Crippen LogP contribution in [0.3, 0.4) is 0 Å². The number of carbonyl (C=O) groups excluding carboxylic acids is 1. The van der Waals surface area contributed by atoms with Crippen LogP contribution in [0.25, 0.3) is 0 Å². The number of halogens is 3. The largest absolute Gasteiger partial charge is 0.354 e. The molecule has 0 spiro atoms. The molecule has 1 aliphatic rings. The lowest BCUT2D eigenvalue weighted by atomic mass is 10.0. The Morgan fingerprint density at radius 2 is 1.73 bits per heavy atom. The minimum absolute atomic E-state index is 0. The Labute approximate surface area is 210 Å². The van der Waals surface area contributed by atoms with E-state index in [1.54, 1.807) is 17.0 Å². The second-order valence-electron chi connectivity index (χ2n) is 9.05. The molecule has 1 aromatic carbocycles. The van der Waals surface area contributed by atoms with Crippen molar-refractivity contribution in [3.63, 3.8) is 0 Å². The highest BCUT2D eigenvalue weighted by atomic mass is 35.5. The van der Waals surface area contributed by atoms with E-state index in [1.165, 1.54) is 25.0 Å². The van der Waals surface area contributed by atoms with Gasteiger partial charge in [0.2, 0.25) is 5.91 Å². The lowest BCUT2D eigenvalue weighted by Gasteiger charge is -2.32. The average molecular weight is 500 g/mol. The number of likely N-dealkylation sites (N-methyl/N-ethyl adjacent to an activating group) is 1. The Kier molecular flexibility index (Phi) is 11.6. The fourth-order valence-electron chi connectivity index (χ4n) is 3.93. The topological polar surface area (TPSA) is 39.7 Å². The molecule has 3 rings (SSSR count). The molecule has 5 nitrogen and oxygen atoms in total. The summed E-state index contributed by atoms with van der Waals surface area (Å²) in [5, 5.41) is 0. The van der Waals surface area contributed by atoms with Gasteiger partial charge in [0, 0.05) is 24.5 Å². The highest BCUT2D eigenvalue weighted by Crippen LogP contribution is 2.30. The molecule has 0 radical (unpaired) electrons. The van der Waals surface area contributed by atoms with E-state index in [0.717, 1.165) is 24.3 Å². The second-order valence-corrected chi connectivity index (χ2v) is 9.05. The zero-order chi connectivity index (χ0) is 22.5. The van der Waals surface area contributed by atoms with Crippen molar-refractivity contribution in [2.45, 2.75) is 58.7 Å². The molecule has 0 saturated heterocycles. The molecule has 1 aromatic heterocycles. The Bertz CT molecular complexity index is 858. The van der Waals surface area contributed by atoms with Gasteiger partial charge in [-0.15, -0.1) is 24.8 Å². The highest BCUT2D eigenvalue weighted by Gasteiger charge is 2.30. The zero-order valence-electron chi connectivity index (χ0n) is 20.2. The molecule has 1 atom stereocenters. The van der Waals surface area contributed by atoms with Crippen LogP contribution in [-0.4, -0.2) is 48.5 Å². The van der Waals surface area contributed by atoms with Crippen LogP contribution in [0.5, 0.6) is 0 Å². The first kappa shape index (κ1) is 29.1. The van der Waals surface area contributed by atoms with Crippen LogP contribution < -0.4 is 9.80 Å². The third kappa shape index (κ3) is 7.83. The molecule has 1 unspecified atom stereocenters. The molecule has 0 aliphatic heterocycles.